The molecule has 3 heterocycles. The van der Waals surface area contributed by atoms with Gasteiger partial charge in [0.1, 0.15) is 6.07 Å². The molecular formula is C20H28N4O. The maximum atomic E-state index is 12.8. The fourth-order valence-electron chi connectivity index (χ4n) is 4.21. The molecule has 2 fully saturated rings. The van der Waals surface area contributed by atoms with Gasteiger partial charge in [0, 0.05) is 37.8 Å². The van der Waals surface area contributed by atoms with Crippen LogP contribution in [0.4, 0.5) is 5.69 Å². The molecule has 5 nitrogen and oxygen atoms in total. The number of rotatable bonds is 2. The number of anilines is 1. The maximum absolute atomic E-state index is 12.8. The van der Waals surface area contributed by atoms with Crippen LogP contribution in [0.3, 0.4) is 0 Å². The fraction of sp³-hybridized carbons (Fsp3) is 0.650. The average Bonchev–Trinajstić information content (AvgIpc) is 2.60. The number of aryl methyl sites for hydroxylation is 2. The molecule has 2 saturated heterocycles. The molecule has 1 aromatic heterocycles. The Labute approximate surface area is 150 Å². The van der Waals surface area contributed by atoms with E-state index >= 15 is 0 Å². The lowest BCUT2D eigenvalue weighted by molar-refractivity contribution is -0.137. The first-order valence-electron chi connectivity index (χ1n) is 9.41. The Balaban J connectivity index is 1.66. The quantitative estimate of drug-likeness (QED) is 0.830. The summed E-state index contributed by atoms with van der Waals surface area (Å²) in [7, 11) is 0. The van der Waals surface area contributed by atoms with Gasteiger partial charge >= 0.3 is 0 Å². The third-order valence-electron chi connectivity index (χ3n) is 5.57. The summed E-state index contributed by atoms with van der Waals surface area (Å²) in [5, 5.41) is 9.48. The van der Waals surface area contributed by atoms with Gasteiger partial charge in [-0.25, -0.2) is 0 Å². The smallest absolute Gasteiger partial charge is 0.225 e. The van der Waals surface area contributed by atoms with E-state index in [4.69, 9.17) is 0 Å². The van der Waals surface area contributed by atoms with Gasteiger partial charge in [0.05, 0.1) is 16.9 Å². The highest BCUT2D eigenvalue weighted by Gasteiger charge is 2.31. The summed E-state index contributed by atoms with van der Waals surface area (Å²) in [5.74, 6) is 1.10. The summed E-state index contributed by atoms with van der Waals surface area (Å²) in [6.07, 6.45) is 4.11. The van der Waals surface area contributed by atoms with Crippen LogP contribution >= 0.6 is 0 Å². The molecule has 0 aliphatic carbocycles. The number of piperidine rings is 2. The largest absolute Gasteiger partial charge is 0.370 e. The normalized spacial score (nSPS) is 21.9. The minimum Gasteiger partial charge on any atom is -0.370 e. The van der Waals surface area contributed by atoms with Crippen molar-refractivity contribution in [3.63, 3.8) is 0 Å². The van der Waals surface area contributed by atoms with Crippen molar-refractivity contribution in [2.45, 2.75) is 46.5 Å². The molecule has 134 valence electrons. The number of hydrogen-bond acceptors (Lipinski definition) is 4. The fourth-order valence-corrected chi connectivity index (χ4v) is 4.21. The minimum absolute atomic E-state index is 0.135. The van der Waals surface area contributed by atoms with Gasteiger partial charge < -0.3 is 9.80 Å². The molecule has 0 N–H and O–H groups in total. The Morgan fingerprint density at radius 3 is 2.60 bits per heavy atom. The van der Waals surface area contributed by atoms with Crippen LogP contribution in [0, 0.1) is 37.0 Å². The van der Waals surface area contributed by atoms with E-state index in [-0.39, 0.29) is 5.92 Å². The van der Waals surface area contributed by atoms with Gasteiger partial charge in [-0.2, -0.15) is 5.26 Å². The lowest BCUT2D eigenvalue weighted by Crippen LogP contribution is -2.46. The number of carbonyl (C=O) groups is 1. The molecule has 0 spiro atoms. The molecule has 0 bridgehead atoms. The van der Waals surface area contributed by atoms with E-state index in [0.717, 1.165) is 62.5 Å². The van der Waals surface area contributed by atoms with E-state index in [1.54, 1.807) is 0 Å². The predicted octanol–water partition coefficient (Wildman–Crippen LogP) is 3.05. The Morgan fingerprint density at radius 2 is 1.96 bits per heavy atom. The zero-order valence-corrected chi connectivity index (χ0v) is 15.6. The molecule has 1 aromatic rings. The van der Waals surface area contributed by atoms with Crippen LogP contribution in [0.5, 0.6) is 0 Å². The molecular weight excluding hydrogens is 312 g/mol. The van der Waals surface area contributed by atoms with Crippen LogP contribution in [-0.4, -0.2) is 42.0 Å². The van der Waals surface area contributed by atoms with E-state index < -0.39 is 0 Å². The van der Waals surface area contributed by atoms with Crippen molar-refractivity contribution in [2.24, 2.45) is 11.8 Å². The number of carbonyl (C=O) groups excluding carboxylic acids is 1. The van der Waals surface area contributed by atoms with Crippen molar-refractivity contribution in [1.82, 2.24) is 9.88 Å². The third kappa shape index (κ3) is 3.78. The van der Waals surface area contributed by atoms with Gasteiger partial charge in [-0.1, -0.05) is 6.92 Å². The van der Waals surface area contributed by atoms with Crippen molar-refractivity contribution in [3.8, 4) is 6.07 Å². The van der Waals surface area contributed by atoms with E-state index in [0.29, 0.717) is 17.4 Å². The molecule has 25 heavy (non-hydrogen) atoms. The SMILES string of the molecule is Cc1cc(N2CCC(C(=O)N3CCCC(C)C3)CC2)c(C#N)c(C)n1. The second-order valence-corrected chi connectivity index (χ2v) is 7.65. The highest BCUT2D eigenvalue weighted by molar-refractivity contribution is 5.79. The van der Waals surface area contributed by atoms with E-state index in [1.165, 1.54) is 6.42 Å². The third-order valence-corrected chi connectivity index (χ3v) is 5.57. The number of aromatic nitrogens is 1. The number of likely N-dealkylation sites (tertiary alicyclic amines) is 1. The lowest BCUT2D eigenvalue weighted by atomic mass is 9.92. The second-order valence-electron chi connectivity index (χ2n) is 7.65. The van der Waals surface area contributed by atoms with E-state index in [2.05, 4.69) is 27.8 Å². The predicted molar refractivity (Wildman–Crippen MR) is 98.3 cm³/mol. The first kappa shape index (κ1) is 17.7. The molecule has 1 atom stereocenters. The van der Waals surface area contributed by atoms with Gasteiger partial charge in [0.2, 0.25) is 5.91 Å². The summed E-state index contributed by atoms with van der Waals surface area (Å²) in [4.78, 5) is 21.6. The van der Waals surface area contributed by atoms with Crippen LogP contribution in [0.25, 0.3) is 0 Å². The monoisotopic (exact) mass is 340 g/mol. The minimum atomic E-state index is 0.135. The number of pyridine rings is 1. The Kier molecular flexibility index (Phi) is 5.27. The first-order valence-corrected chi connectivity index (χ1v) is 9.41. The Bertz CT molecular complexity index is 686. The molecule has 0 radical (unpaired) electrons. The van der Waals surface area contributed by atoms with Crippen molar-refractivity contribution in [1.29, 1.82) is 5.26 Å². The highest BCUT2D eigenvalue weighted by Crippen LogP contribution is 2.29. The van der Waals surface area contributed by atoms with Crippen molar-refractivity contribution in [2.75, 3.05) is 31.1 Å². The summed E-state index contributed by atoms with van der Waals surface area (Å²) in [5.41, 5.74) is 3.37. The van der Waals surface area contributed by atoms with Gasteiger partial charge in [-0.3, -0.25) is 9.78 Å². The number of nitrogens with zero attached hydrogens (tertiary/aromatic N) is 4. The van der Waals surface area contributed by atoms with Crippen molar-refractivity contribution in [3.05, 3.63) is 23.0 Å². The first-order chi connectivity index (χ1) is 12.0. The van der Waals surface area contributed by atoms with Crippen LogP contribution in [0.15, 0.2) is 6.07 Å². The molecule has 3 rings (SSSR count). The molecule has 2 aliphatic rings. The van der Waals surface area contributed by atoms with Crippen LogP contribution in [-0.2, 0) is 4.79 Å². The molecule has 0 saturated carbocycles. The zero-order valence-electron chi connectivity index (χ0n) is 15.6. The molecule has 1 amide bonds. The van der Waals surface area contributed by atoms with Gasteiger partial charge in [-0.05, 0) is 51.5 Å². The van der Waals surface area contributed by atoms with Gasteiger partial charge in [-0.15, -0.1) is 0 Å². The van der Waals surface area contributed by atoms with Crippen LogP contribution < -0.4 is 4.90 Å². The Morgan fingerprint density at radius 1 is 1.24 bits per heavy atom. The van der Waals surface area contributed by atoms with Crippen LogP contribution in [0.1, 0.15) is 49.6 Å². The second kappa shape index (κ2) is 7.43. The standard InChI is InChI=1S/C20H28N4O/c1-14-5-4-8-24(13-14)20(25)17-6-9-23(10-7-17)19-11-15(2)22-16(3)18(19)12-21/h11,14,17H,4-10,13H2,1-3H3. The van der Waals surface area contributed by atoms with E-state index in [1.807, 2.05) is 19.9 Å². The summed E-state index contributed by atoms with van der Waals surface area (Å²) < 4.78 is 0. The topological polar surface area (TPSA) is 60.2 Å². The summed E-state index contributed by atoms with van der Waals surface area (Å²) in [6, 6.07) is 4.30. The van der Waals surface area contributed by atoms with Crippen molar-refractivity contribution >= 4 is 11.6 Å². The lowest BCUT2D eigenvalue weighted by Gasteiger charge is -2.38. The van der Waals surface area contributed by atoms with Crippen molar-refractivity contribution < 1.29 is 4.79 Å². The summed E-state index contributed by atoms with van der Waals surface area (Å²) >= 11 is 0. The molecule has 1 unspecified atom stereocenters. The number of nitriles is 1. The van der Waals surface area contributed by atoms with Gasteiger partial charge in [0.25, 0.3) is 0 Å². The highest BCUT2D eigenvalue weighted by atomic mass is 16.2. The summed E-state index contributed by atoms with van der Waals surface area (Å²) in [6.45, 7) is 9.59. The average molecular weight is 340 g/mol. The molecule has 5 heteroatoms. The zero-order chi connectivity index (χ0) is 18.0. The molecule has 2 aliphatic heterocycles. The van der Waals surface area contributed by atoms with Crippen LogP contribution in [0.2, 0.25) is 0 Å². The number of hydrogen-bond donors (Lipinski definition) is 0. The number of amides is 1. The van der Waals surface area contributed by atoms with E-state index in [9.17, 15) is 10.1 Å². The molecule has 0 aromatic carbocycles. The van der Waals surface area contributed by atoms with Gasteiger partial charge in [0.15, 0.2) is 0 Å². The maximum Gasteiger partial charge on any atom is 0.225 e. The Hall–Kier alpha value is -2.09.